The average Bonchev–Trinajstić information content (AvgIpc) is 3.04. The number of hydrogen-bond acceptors (Lipinski definition) is 6. The minimum Gasteiger partial charge on any atom is -0.441 e. The van der Waals surface area contributed by atoms with Crippen LogP contribution < -0.4 is 4.90 Å². The second kappa shape index (κ2) is 5.13. The minimum absolute atomic E-state index is 0.147. The molecule has 7 nitrogen and oxygen atoms in total. The van der Waals surface area contributed by atoms with Crippen molar-refractivity contribution in [2.45, 2.75) is 13.0 Å². The molecule has 1 aromatic carbocycles. The lowest BCUT2D eigenvalue weighted by molar-refractivity contribution is 0.0963. The number of carbonyl (C=O) groups is 1. The summed E-state index contributed by atoms with van der Waals surface area (Å²) in [4.78, 5) is 16.9. The van der Waals surface area contributed by atoms with Crippen molar-refractivity contribution < 1.29 is 23.6 Å². The first-order valence-corrected chi connectivity index (χ1v) is 6.27. The van der Waals surface area contributed by atoms with Gasteiger partial charge in [-0.1, -0.05) is 5.16 Å². The van der Waals surface area contributed by atoms with E-state index >= 15 is 0 Å². The molecule has 1 aliphatic rings. The number of nitrogens with zero attached hydrogens (tertiary/aromatic N) is 3. The van der Waals surface area contributed by atoms with E-state index in [1.54, 1.807) is 13.0 Å². The van der Waals surface area contributed by atoms with E-state index in [9.17, 15) is 9.18 Å². The van der Waals surface area contributed by atoms with Crippen molar-refractivity contribution in [2.75, 3.05) is 18.1 Å². The Morgan fingerprint density at radius 3 is 2.90 bits per heavy atom. The molecule has 1 atom stereocenters. The summed E-state index contributed by atoms with van der Waals surface area (Å²) in [6.07, 6.45) is -1.21. The molecule has 3 rings (SSSR count). The number of carbonyl (C=O) groups excluding carboxylic acids is 1. The van der Waals surface area contributed by atoms with Gasteiger partial charge in [0.05, 0.1) is 24.4 Å². The Balaban J connectivity index is 1.90. The highest BCUT2D eigenvalue weighted by molar-refractivity contribution is 5.90. The zero-order valence-corrected chi connectivity index (χ0v) is 11.1. The van der Waals surface area contributed by atoms with Gasteiger partial charge >= 0.3 is 6.09 Å². The quantitative estimate of drug-likeness (QED) is 0.922. The van der Waals surface area contributed by atoms with Crippen LogP contribution in [0.15, 0.2) is 22.7 Å². The number of anilines is 1. The molecular weight excluding hydrogens is 281 g/mol. The van der Waals surface area contributed by atoms with Crippen LogP contribution in [0.3, 0.4) is 0 Å². The Morgan fingerprint density at radius 1 is 1.52 bits per heavy atom. The molecular formula is C13H12FN3O4. The van der Waals surface area contributed by atoms with Crippen LogP contribution in [0.1, 0.15) is 5.89 Å². The van der Waals surface area contributed by atoms with Gasteiger partial charge in [0.25, 0.3) is 0 Å². The standard InChI is InChI=1S/C13H12FN3O4/c1-7-15-12(16-21-7)10-3-2-8(4-11(10)14)17-5-9(6-18)20-13(17)19/h2-4,9,18H,5-6H2,1H3/t9-/m1/s1. The van der Waals surface area contributed by atoms with Gasteiger partial charge in [0, 0.05) is 6.92 Å². The summed E-state index contributed by atoms with van der Waals surface area (Å²) in [5.41, 5.74) is 0.527. The fourth-order valence-electron chi connectivity index (χ4n) is 2.09. The van der Waals surface area contributed by atoms with E-state index in [2.05, 4.69) is 10.1 Å². The predicted octanol–water partition coefficient (Wildman–Crippen LogP) is 1.50. The van der Waals surface area contributed by atoms with Crippen molar-refractivity contribution >= 4 is 11.8 Å². The monoisotopic (exact) mass is 293 g/mol. The van der Waals surface area contributed by atoms with Crippen molar-refractivity contribution in [1.29, 1.82) is 0 Å². The molecule has 2 heterocycles. The van der Waals surface area contributed by atoms with E-state index in [0.29, 0.717) is 11.6 Å². The summed E-state index contributed by atoms with van der Waals surface area (Å²) in [7, 11) is 0. The van der Waals surface area contributed by atoms with Crippen molar-refractivity contribution in [3.8, 4) is 11.4 Å². The fourth-order valence-corrected chi connectivity index (χ4v) is 2.09. The first-order chi connectivity index (χ1) is 10.1. The van der Waals surface area contributed by atoms with Gasteiger partial charge in [0.2, 0.25) is 11.7 Å². The summed E-state index contributed by atoms with van der Waals surface area (Å²) < 4.78 is 23.9. The number of rotatable bonds is 3. The molecule has 1 aromatic heterocycles. The third-order valence-electron chi connectivity index (χ3n) is 3.11. The van der Waals surface area contributed by atoms with Crippen LogP contribution in [-0.2, 0) is 4.74 Å². The number of aliphatic hydroxyl groups excluding tert-OH is 1. The number of ether oxygens (including phenoxy) is 1. The first kappa shape index (κ1) is 13.5. The molecule has 1 amide bonds. The lowest BCUT2D eigenvalue weighted by atomic mass is 10.1. The number of benzene rings is 1. The third kappa shape index (κ3) is 2.45. The second-order valence-corrected chi connectivity index (χ2v) is 4.60. The second-order valence-electron chi connectivity index (χ2n) is 4.60. The highest BCUT2D eigenvalue weighted by Gasteiger charge is 2.32. The van der Waals surface area contributed by atoms with Crippen LogP contribution in [-0.4, -0.2) is 40.6 Å². The van der Waals surface area contributed by atoms with Crippen molar-refractivity contribution in [1.82, 2.24) is 10.1 Å². The molecule has 1 aliphatic heterocycles. The van der Waals surface area contributed by atoms with Crippen LogP contribution in [0, 0.1) is 12.7 Å². The SMILES string of the molecule is Cc1nc(-c2ccc(N3C[C@H](CO)OC3=O)cc2F)no1. The Labute approximate surface area is 118 Å². The lowest BCUT2D eigenvalue weighted by Gasteiger charge is -2.13. The molecule has 21 heavy (non-hydrogen) atoms. The number of hydrogen-bond donors (Lipinski definition) is 1. The van der Waals surface area contributed by atoms with Crippen LogP contribution >= 0.6 is 0 Å². The highest BCUT2D eigenvalue weighted by Crippen LogP contribution is 2.27. The molecule has 0 aliphatic carbocycles. The number of amides is 1. The van der Waals surface area contributed by atoms with Gasteiger partial charge in [0.1, 0.15) is 11.9 Å². The molecule has 0 radical (unpaired) electrons. The summed E-state index contributed by atoms with van der Waals surface area (Å²) in [5.74, 6) is -0.0929. The number of aryl methyl sites for hydroxylation is 1. The zero-order chi connectivity index (χ0) is 15.0. The molecule has 0 saturated carbocycles. The normalized spacial score (nSPS) is 18.1. The van der Waals surface area contributed by atoms with Crippen molar-refractivity contribution in [3.05, 3.63) is 29.9 Å². The Hall–Kier alpha value is -2.48. The van der Waals surface area contributed by atoms with E-state index in [4.69, 9.17) is 14.4 Å². The molecule has 110 valence electrons. The smallest absolute Gasteiger partial charge is 0.414 e. The average molecular weight is 293 g/mol. The maximum Gasteiger partial charge on any atom is 0.414 e. The Morgan fingerprint density at radius 2 is 2.33 bits per heavy atom. The van der Waals surface area contributed by atoms with E-state index in [-0.39, 0.29) is 24.5 Å². The molecule has 1 saturated heterocycles. The maximum absolute atomic E-state index is 14.2. The molecule has 8 heteroatoms. The largest absolute Gasteiger partial charge is 0.441 e. The third-order valence-corrected chi connectivity index (χ3v) is 3.11. The van der Waals surface area contributed by atoms with Gasteiger partial charge in [-0.2, -0.15) is 4.98 Å². The van der Waals surface area contributed by atoms with Gasteiger partial charge in [-0.15, -0.1) is 0 Å². The van der Waals surface area contributed by atoms with Gasteiger partial charge in [-0.05, 0) is 18.2 Å². The summed E-state index contributed by atoms with van der Waals surface area (Å²) >= 11 is 0. The maximum atomic E-state index is 14.2. The highest BCUT2D eigenvalue weighted by atomic mass is 19.1. The van der Waals surface area contributed by atoms with Crippen molar-refractivity contribution in [3.63, 3.8) is 0 Å². The van der Waals surface area contributed by atoms with Gasteiger partial charge in [-0.3, -0.25) is 4.90 Å². The van der Waals surface area contributed by atoms with Gasteiger partial charge < -0.3 is 14.4 Å². The zero-order valence-electron chi connectivity index (χ0n) is 11.1. The predicted molar refractivity (Wildman–Crippen MR) is 69.1 cm³/mol. The molecule has 0 bridgehead atoms. The van der Waals surface area contributed by atoms with E-state index in [1.165, 1.54) is 17.0 Å². The van der Waals surface area contributed by atoms with Crippen LogP contribution in [0.25, 0.3) is 11.4 Å². The summed E-state index contributed by atoms with van der Waals surface area (Å²) in [6.45, 7) is 1.51. The Kier molecular flexibility index (Phi) is 3.30. The van der Waals surface area contributed by atoms with Crippen LogP contribution in [0.5, 0.6) is 0 Å². The Bertz CT molecular complexity index is 688. The van der Waals surface area contributed by atoms with Crippen molar-refractivity contribution in [2.24, 2.45) is 0 Å². The topological polar surface area (TPSA) is 88.7 Å². The van der Waals surface area contributed by atoms with Gasteiger partial charge in [-0.25, -0.2) is 9.18 Å². The molecule has 1 N–H and O–H groups in total. The molecule has 0 spiro atoms. The molecule has 1 fully saturated rings. The fraction of sp³-hybridized carbons (Fsp3) is 0.308. The minimum atomic E-state index is -0.614. The summed E-state index contributed by atoms with van der Waals surface area (Å²) in [6, 6.07) is 4.22. The summed E-state index contributed by atoms with van der Waals surface area (Å²) in [5, 5.41) is 12.6. The van der Waals surface area contributed by atoms with E-state index in [0.717, 1.165) is 0 Å². The van der Waals surface area contributed by atoms with Crippen LogP contribution in [0.2, 0.25) is 0 Å². The van der Waals surface area contributed by atoms with Crippen LogP contribution in [0.4, 0.5) is 14.9 Å². The van der Waals surface area contributed by atoms with Gasteiger partial charge in [0.15, 0.2) is 0 Å². The number of cyclic esters (lactones) is 1. The van der Waals surface area contributed by atoms with E-state index < -0.39 is 18.0 Å². The number of aliphatic hydroxyl groups is 1. The lowest BCUT2D eigenvalue weighted by Crippen LogP contribution is -2.25. The van der Waals surface area contributed by atoms with E-state index in [1.807, 2.05) is 0 Å². The molecule has 0 unspecified atom stereocenters. The first-order valence-electron chi connectivity index (χ1n) is 6.27. The number of aromatic nitrogens is 2. The molecule has 2 aromatic rings. The number of halogens is 1.